The second kappa shape index (κ2) is 7.36. The van der Waals surface area contributed by atoms with Crippen LogP contribution in [0.3, 0.4) is 0 Å². The lowest BCUT2D eigenvalue weighted by Gasteiger charge is -2.36. The number of benzene rings is 1. The van der Waals surface area contributed by atoms with E-state index in [9.17, 15) is 19.8 Å². The monoisotopic (exact) mass is 407 g/mol. The minimum absolute atomic E-state index is 0.0554. The zero-order valence-corrected chi connectivity index (χ0v) is 17.1. The molecule has 1 aromatic carbocycles. The van der Waals surface area contributed by atoms with Crippen LogP contribution < -0.4 is 0 Å². The molecule has 2 N–H and O–H groups in total. The first kappa shape index (κ1) is 20.3. The number of methoxy groups -OCH3 is 1. The molecule has 1 atom stereocenters. The first-order valence-corrected chi connectivity index (χ1v) is 10.1. The van der Waals surface area contributed by atoms with Gasteiger partial charge in [-0.2, -0.15) is 0 Å². The fourth-order valence-electron chi connectivity index (χ4n) is 4.75. The molecule has 1 aromatic heterocycles. The van der Waals surface area contributed by atoms with Crippen LogP contribution >= 0.6 is 0 Å². The van der Waals surface area contributed by atoms with E-state index in [1.54, 1.807) is 7.11 Å². The number of ether oxygens (including phenoxy) is 1. The van der Waals surface area contributed by atoms with Gasteiger partial charge in [-0.05, 0) is 55.5 Å². The van der Waals surface area contributed by atoms with Crippen molar-refractivity contribution in [3.8, 4) is 0 Å². The van der Waals surface area contributed by atoms with E-state index in [2.05, 4.69) is 18.2 Å². The molecule has 2 aliphatic carbocycles. The molecule has 0 aliphatic heterocycles. The molecule has 0 radical (unpaired) electrons. The third-order valence-corrected chi connectivity index (χ3v) is 6.46. The number of pyridine rings is 1. The molecule has 1 heterocycles. The number of carbonyl (C=O) groups is 2. The molecule has 1 unspecified atom stereocenters. The number of hydrogen-bond donors (Lipinski definition) is 2. The normalized spacial score (nSPS) is 21.5. The molecule has 156 valence electrons. The van der Waals surface area contributed by atoms with E-state index >= 15 is 0 Å². The highest BCUT2D eigenvalue weighted by molar-refractivity contribution is 5.94. The maximum absolute atomic E-state index is 11.5. The highest BCUT2D eigenvalue weighted by atomic mass is 16.5. The van der Waals surface area contributed by atoms with Crippen LogP contribution in [-0.2, 0) is 19.7 Å². The molecular formula is C24H25NO5. The Hall–Kier alpha value is -2.99. The average Bonchev–Trinajstić information content (AvgIpc) is 2.97. The van der Waals surface area contributed by atoms with Crippen molar-refractivity contribution in [3.63, 3.8) is 0 Å². The number of allylic oxidation sites excluding steroid dienone is 2. The number of aliphatic carboxylic acids is 2. The maximum Gasteiger partial charge on any atom is 0.303 e. The summed E-state index contributed by atoms with van der Waals surface area (Å²) in [6, 6.07) is 9.87. The summed E-state index contributed by atoms with van der Waals surface area (Å²) in [4.78, 5) is 27.9. The lowest BCUT2D eigenvalue weighted by molar-refractivity contribution is -0.137. The summed E-state index contributed by atoms with van der Waals surface area (Å²) in [6.45, 7) is 1.99. The van der Waals surface area contributed by atoms with E-state index in [0.29, 0.717) is 19.3 Å². The van der Waals surface area contributed by atoms with Crippen LogP contribution in [0.25, 0.3) is 16.5 Å². The van der Waals surface area contributed by atoms with Crippen molar-refractivity contribution >= 4 is 28.4 Å². The van der Waals surface area contributed by atoms with Crippen molar-refractivity contribution in [1.82, 2.24) is 4.98 Å². The van der Waals surface area contributed by atoms with Crippen LogP contribution in [-0.4, -0.2) is 39.8 Å². The van der Waals surface area contributed by atoms with Gasteiger partial charge in [0.05, 0.1) is 16.8 Å². The zero-order chi connectivity index (χ0) is 21.5. The highest BCUT2D eigenvalue weighted by Crippen LogP contribution is 2.57. The Labute approximate surface area is 174 Å². The molecule has 6 heteroatoms. The summed E-state index contributed by atoms with van der Waals surface area (Å²) in [5, 5.41) is 19.8. The molecule has 0 fully saturated rings. The number of para-hydroxylation sites is 1. The molecule has 4 rings (SSSR count). The Morgan fingerprint density at radius 3 is 2.43 bits per heavy atom. The first-order valence-electron chi connectivity index (χ1n) is 10.1. The van der Waals surface area contributed by atoms with E-state index in [1.165, 1.54) is 0 Å². The lowest BCUT2D eigenvalue weighted by Crippen LogP contribution is -2.33. The summed E-state index contributed by atoms with van der Waals surface area (Å²) in [7, 11) is 1.65. The zero-order valence-electron chi connectivity index (χ0n) is 17.1. The first-order chi connectivity index (χ1) is 14.3. The van der Waals surface area contributed by atoms with Crippen molar-refractivity contribution in [1.29, 1.82) is 0 Å². The second-order valence-corrected chi connectivity index (χ2v) is 8.34. The number of carboxylic acids is 2. The largest absolute Gasteiger partial charge is 0.481 e. The summed E-state index contributed by atoms with van der Waals surface area (Å²) in [5.74, 6) is -1.80. The van der Waals surface area contributed by atoms with Gasteiger partial charge in [-0.25, -0.2) is 4.98 Å². The van der Waals surface area contributed by atoms with Gasteiger partial charge in [0.2, 0.25) is 0 Å². The van der Waals surface area contributed by atoms with Gasteiger partial charge in [-0.1, -0.05) is 24.3 Å². The second-order valence-electron chi connectivity index (χ2n) is 8.34. The number of fused-ring (bicyclic) bond motifs is 4. The summed E-state index contributed by atoms with van der Waals surface area (Å²) < 4.78 is 5.73. The molecule has 2 aliphatic rings. The van der Waals surface area contributed by atoms with Crippen LogP contribution in [0.2, 0.25) is 0 Å². The van der Waals surface area contributed by atoms with Gasteiger partial charge in [0.15, 0.2) is 0 Å². The standard InChI is InChI=1S/C24H25NO5/c1-23(30-2)10-7-16-18(14-23)24(11-8-20(26)27,12-9-21(28)29)17-13-15-5-3-4-6-19(15)25-22(16)17/h3-7,13-14H,8-12H2,1-2H3,(H,26,27)(H,28,29). The summed E-state index contributed by atoms with van der Waals surface area (Å²) in [5.41, 5.74) is 3.27. The van der Waals surface area contributed by atoms with Crippen LogP contribution in [0.5, 0.6) is 0 Å². The quantitative estimate of drug-likeness (QED) is 0.709. The molecule has 0 saturated heterocycles. The fraction of sp³-hybridized carbons (Fsp3) is 0.375. The number of carboxylic acid groups (broad SMARTS) is 2. The predicted molar refractivity (Wildman–Crippen MR) is 113 cm³/mol. The summed E-state index contributed by atoms with van der Waals surface area (Å²) >= 11 is 0. The smallest absolute Gasteiger partial charge is 0.303 e. The van der Waals surface area contributed by atoms with Crippen LogP contribution in [0.15, 0.2) is 48.1 Å². The molecule has 0 bridgehead atoms. The number of rotatable bonds is 7. The van der Waals surface area contributed by atoms with E-state index in [0.717, 1.165) is 33.3 Å². The van der Waals surface area contributed by atoms with Gasteiger partial charge in [-0.3, -0.25) is 9.59 Å². The Kier molecular flexibility index (Phi) is 4.98. The van der Waals surface area contributed by atoms with E-state index < -0.39 is 23.0 Å². The van der Waals surface area contributed by atoms with Crippen LogP contribution in [0.4, 0.5) is 0 Å². The fourth-order valence-corrected chi connectivity index (χ4v) is 4.75. The van der Waals surface area contributed by atoms with E-state index in [1.807, 2.05) is 31.2 Å². The molecule has 0 saturated carbocycles. The van der Waals surface area contributed by atoms with Crippen molar-refractivity contribution < 1.29 is 24.5 Å². The van der Waals surface area contributed by atoms with Crippen LogP contribution in [0.1, 0.15) is 50.3 Å². The SMILES string of the molecule is COC1(C)C=C2C(=CC1)c1nc3ccccc3cc1C2(CCC(=O)O)CCC(=O)O. The Morgan fingerprint density at radius 2 is 1.80 bits per heavy atom. The van der Waals surface area contributed by atoms with Gasteiger partial charge >= 0.3 is 11.9 Å². The van der Waals surface area contributed by atoms with E-state index in [4.69, 9.17) is 9.72 Å². The molecular weight excluding hydrogens is 382 g/mol. The predicted octanol–water partition coefficient (Wildman–Crippen LogP) is 4.33. The number of nitrogens with zero attached hydrogens (tertiary/aromatic N) is 1. The minimum Gasteiger partial charge on any atom is -0.481 e. The molecule has 0 spiro atoms. The molecule has 30 heavy (non-hydrogen) atoms. The topological polar surface area (TPSA) is 96.7 Å². The van der Waals surface area contributed by atoms with Gasteiger partial charge in [0.25, 0.3) is 0 Å². The van der Waals surface area contributed by atoms with Crippen molar-refractivity contribution in [2.45, 2.75) is 50.0 Å². The Balaban J connectivity index is 1.98. The van der Waals surface area contributed by atoms with Gasteiger partial charge in [0, 0.05) is 36.3 Å². The average molecular weight is 407 g/mol. The third-order valence-electron chi connectivity index (χ3n) is 6.46. The van der Waals surface area contributed by atoms with Crippen molar-refractivity contribution in [2.75, 3.05) is 7.11 Å². The van der Waals surface area contributed by atoms with Gasteiger partial charge in [-0.15, -0.1) is 0 Å². The molecule has 2 aromatic rings. The summed E-state index contributed by atoms with van der Waals surface area (Å²) in [6.07, 6.45) is 5.34. The Morgan fingerprint density at radius 1 is 1.13 bits per heavy atom. The molecule has 6 nitrogen and oxygen atoms in total. The van der Waals surface area contributed by atoms with E-state index in [-0.39, 0.29) is 12.8 Å². The lowest BCUT2D eigenvalue weighted by atomic mass is 9.69. The Bertz CT molecular complexity index is 1080. The van der Waals surface area contributed by atoms with Gasteiger partial charge in [0.1, 0.15) is 0 Å². The van der Waals surface area contributed by atoms with Crippen LogP contribution in [0, 0.1) is 0 Å². The molecule has 0 amide bonds. The minimum atomic E-state index is -0.900. The van der Waals surface area contributed by atoms with Crippen molar-refractivity contribution in [3.05, 3.63) is 59.3 Å². The van der Waals surface area contributed by atoms with Gasteiger partial charge < -0.3 is 14.9 Å². The maximum atomic E-state index is 11.5. The third kappa shape index (κ3) is 3.31. The number of hydrogen-bond acceptors (Lipinski definition) is 4. The number of aromatic nitrogens is 1. The van der Waals surface area contributed by atoms with Crippen molar-refractivity contribution in [2.24, 2.45) is 0 Å². The highest BCUT2D eigenvalue weighted by Gasteiger charge is 2.49.